The van der Waals surface area contributed by atoms with Crippen molar-refractivity contribution in [2.75, 3.05) is 6.54 Å². The number of nitro groups is 1. The maximum atomic E-state index is 11.8. The minimum atomic E-state index is -0.558. The van der Waals surface area contributed by atoms with Crippen LogP contribution in [0.25, 0.3) is 0 Å². The van der Waals surface area contributed by atoms with Gasteiger partial charge in [0.05, 0.1) is 4.92 Å². The molecule has 124 valence electrons. The smallest absolute Gasteiger partial charge is 0.269 e. The summed E-state index contributed by atoms with van der Waals surface area (Å²) in [5, 5.41) is 13.0. The van der Waals surface area contributed by atoms with Gasteiger partial charge in [-0.3, -0.25) is 35.3 Å². The first-order valence-corrected chi connectivity index (χ1v) is 6.92. The predicted octanol–water partition coefficient (Wildman–Crippen LogP) is 0.518. The molecule has 0 aliphatic heterocycles. The number of hydrazine groups is 1. The summed E-state index contributed by atoms with van der Waals surface area (Å²) >= 11 is 0. The van der Waals surface area contributed by atoms with E-state index in [0.717, 1.165) is 0 Å². The number of carbonyl (C=O) groups is 3. The van der Waals surface area contributed by atoms with Crippen molar-refractivity contribution in [2.45, 2.75) is 20.3 Å². The summed E-state index contributed by atoms with van der Waals surface area (Å²) < 4.78 is 0. The third-order valence-corrected chi connectivity index (χ3v) is 2.83. The third kappa shape index (κ3) is 6.12. The lowest BCUT2D eigenvalue weighted by Gasteiger charge is -2.09. The summed E-state index contributed by atoms with van der Waals surface area (Å²) in [6, 6.07) is 5.11. The topological polar surface area (TPSA) is 130 Å². The molecule has 0 saturated heterocycles. The Hall–Kier alpha value is -2.97. The van der Waals surface area contributed by atoms with Gasteiger partial charge in [-0.1, -0.05) is 13.8 Å². The quantitative estimate of drug-likeness (QED) is 0.519. The van der Waals surface area contributed by atoms with Gasteiger partial charge in [0.1, 0.15) is 0 Å². The molecule has 0 bridgehead atoms. The van der Waals surface area contributed by atoms with E-state index in [9.17, 15) is 24.5 Å². The number of hydrogen-bond acceptors (Lipinski definition) is 5. The van der Waals surface area contributed by atoms with E-state index >= 15 is 0 Å². The normalized spacial score (nSPS) is 10.0. The van der Waals surface area contributed by atoms with Crippen LogP contribution in [0.4, 0.5) is 5.69 Å². The second-order valence-corrected chi connectivity index (χ2v) is 5.00. The molecule has 0 aliphatic rings. The molecule has 0 heterocycles. The molecule has 1 aromatic carbocycles. The summed E-state index contributed by atoms with van der Waals surface area (Å²) in [7, 11) is 0. The number of hydrogen-bond donors (Lipinski definition) is 3. The molecule has 0 unspecified atom stereocenters. The number of rotatable bonds is 6. The number of benzene rings is 1. The maximum Gasteiger partial charge on any atom is 0.269 e. The van der Waals surface area contributed by atoms with Gasteiger partial charge in [-0.25, -0.2) is 0 Å². The van der Waals surface area contributed by atoms with Gasteiger partial charge in [0, 0.05) is 36.6 Å². The van der Waals surface area contributed by atoms with Gasteiger partial charge in [0.2, 0.25) is 11.8 Å². The SMILES string of the molecule is CC(C)C(=O)NNC(=O)CCNC(=O)c1ccc([N+](=O)[O-])cc1. The lowest BCUT2D eigenvalue weighted by Crippen LogP contribution is -2.44. The average molecular weight is 322 g/mol. The monoisotopic (exact) mass is 322 g/mol. The largest absolute Gasteiger partial charge is 0.352 e. The van der Waals surface area contributed by atoms with Crippen molar-refractivity contribution < 1.29 is 19.3 Å². The van der Waals surface area contributed by atoms with Crippen LogP contribution in [0.5, 0.6) is 0 Å². The van der Waals surface area contributed by atoms with Crippen LogP contribution < -0.4 is 16.2 Å². The van der Waals surface area contributed by atoms with Crippen molar-refractivity contribution >= 4 is 23.4 Å². The zero-order valence-corrected chi connectivity index (χ0v) is 12.8. The standard InChI is InChI=1S/C14H18N4O5/c1-9(2)13(20)17-16-12(19)7-8-15-14(21)10-3-5-11(6-4-10)18(22)23/h3-6,9H,7-8H2,1-2H3,(H,15,21)(H,16,19)(H,17,20). The van der Waals surface area contributed by atoms with Gasteiger partial charge >= 0.3 is 0 Å². The molecule has 0 aliphatic carbocycles. The molecule has 0 radical (unpaired) electrons. The van der Waals surface area contributed by atoms with Crippen LogP contribution in [0.3, 0.4) is 0 Å². The van der Waals surface area contributed by atoms with E-state index in [0.29, 0.717) is 0 Å². The lowest BCUT2D eigenvalue weighted by molar-refractivity contribution is -0.384. The Kier molecular flexibility index (Phi) is 6.66. The van der Waals surface area contributed by atoms with E-state index in [2.05, 4.69) is 16.2 Å². The van der Waals surface area contributed by atoms with Crippen LogP contribution in [0.2, 0.25) is 0 Å². The fourth-order valence-electron chi connectivity index (χ4n) is 1.46. The van der Waals surface area contributed by atoms with E-state index < -0.39 is 16.7 Å². The van der Waals surface area contributed by atoms with Gasteiger partial charge in [-0.2, -0.15) is 0 Å². The predicted molar refractivity (Wildman–Crippen MR) is 81.2 cm³/mol. The Balaban J connectivity index is 2.34. The highest BCUT2D eigenvalue weighted by Gasteiger charge is 2.11. The molecule has 23 heavy (non-hydrogen) atoms. The zero-order valence-electron chi connectivity index (χ0n) is 12.8. The highest BCUT2D eigenvalue weighted by molar-refractivity contribution is 5.94. The van der Waals surface area contributed by atoms with Crippen LogP contribution in [0.1, 0.15) is 30.6 Å². The van der Waals surface area contributed by atoms with Crippen LogP contribution in [0, 0.1) is 16.0 Å². The Morgan fingerprint density at radius 2 is 1.74 bits per heavy atom. The van der Waals surface area contributed by atoms with Crippen molar-refractivity contribution in [3.8, 4) is 0 Å². The van der Waals surface area contributed by atoms with Gasteiger partial charge in [-0.15, -0.1) is 0 Å². The molecule has 0 aromatic heterocycles. The summed E-state index contributed by atoms with van der Waals surface area (Å²) in [4.78, 5) is 44.4. The number of carbonyl (C=O) groups excluding carboxylic acids is 3. The van der Waals surface area contributed by atoms with Crippen LogP contribution in [-0.2, 0) is 9.59 Å². The molecule has 1 rings (SSSR count). The fourth-order valence-corrected chi connectivity index (χ4v) is 1.46. The summed E-state index contributed by atoms with van der Waals surface area (Å²) in [6.45, 7) is 3.44. The minimum Gasteiger partial charge on any atom is -0.352 e. The van der Waals surface area contributed by atoms with Crippen molar-refractivity contribution in [2.24, 2.45) is 5.92 Å². The number of non-ortho nitro benzene ring substituents is 1. The molecule has 0 saturated carbocycles. The Bertz CT molecular complexity index is 598. The van der Waals surface area contributed by atoms with Gasteiger partial charge < -0.3 is 5.32 Å². The van der Waals surface area contributed by atoms with Gasteiger partial charge in [0.25, 0.3) is 11.6 Å². The molecule has 0 spiro atoms. The Morgan fingerprint density at radius 1 is 1.13 bits per heavy atom. The molecule has 9 nitrogen and oxygen atoms in total. The molecule has 9 heteroatoms. The van der Waals surface area contributed by atoms with Gasteiger partial charge in [-0.05, 0) is 12.1 Å². The molecule has 0 atom stereocenters. The van der Waals surface area contributed by atoms with E-state index in [1.165, 1.54) is 24.3 Å². The summed E-state index contributed by atoms with van der Waals surface area (Å²) in [5.74, 6) is -1.45. The molecular formula is C14H18N4O5. The average Bonchev–Trinajstić information content (AvgIpc) is 2.52. The first kappa shape index (κ1) is 18.1. The fraction of sp³-hybridized carbons (Fsp3) is 0.357. The molecule has 0 fully saturated rings. The number of nitro benzene ring substituents is 1. The van der Waals surface area contributed by atoms with Crippen molar-refractivity contribution in [1.29, 1.82) is 0 Å². The first-order chi connectivity index (χ1) is 10.8. The number of nitrogens with one attached hydrogen (secondary N) is 3. The van der Waals surface area contributed by atoms with Gasteiger partial charge in [0.15, 0.2) is 0 Å². The first-order valence-electron chi connectivity index (χ1n) is 6.92. The Morgan fingerprint density at radius 3 is 2.26 bits per heavy atom. The molecule has 1 aromatic rings. The minimum absolute atomic E-state index is 0.0168. The van der Waals surface area contributed by atoms with Crippen molar-refractivity contribution in [3.63, 3.8) is 0 Å². The highest BCUT2D eigenvalue weighted by atomic mass is 16.6. The number of amides is 3. The van der Waals surface area contributed by atoms with E-state index in [4.69, 9.17) is 0 Å². The Labute approximate surface area is 132 Å². The van der Waals surface area contributed by atoms with Crippen LogP contribution >= 0.6 is 0 Å². The maximum absolute atomic E-state index is 11.8. The second-order valence-electron chi connectivity index (χ2n) is 5.00. The molecule has 3 N–H and O–H groups in total. The zero-order chi connectivity index (χ0) is 17.4. The highest BCUT2D eigenvalue weighted by Crippen LogP contribution is 2.11. The number of nitrogens with zero attached hydrogens (tertiary/aromatic N) is 1. The summed E-state index contributed by atoms with van der Waals surface area (Å²) in [5.41, 5.74) is 4.63. The van der Waals surface area contributed by atoms with Crippen LogP contribution in [0.15, 0.2) is 24.3 Å². The van der Waals surface area contributed by atoms with Crippen LogP contribution in [-0.4, -0.2) is 29.2 Å². The van der Waals surface area contributed by atoms with E-state index in [1.807, 2.05) is 0 Å². The van der Waals surface area contributed by atoms with E-state index in [1.54, 1.807) is 13.8 Å². The van der Waals surface area contributed by atoms with Crippen molar-refractivity contribution in [3.05, 3.63) is 39.9 Å². The second kappa shape index (κ2) is 8.47. The molecular weight excluding hydrogens is 304 g/mol. The molecule has 3 amide bonds. The van der Waals surface area contributed by atoms with E-state index in [-0.39, 0.29) is 36.0 Å². The van der Waals surface area contributed by atoms with Crippen molar-refractivity contribution in [1.82, 2.24) is 16.2 Å². The lowest BCUT2D eigenvalue weighted by atomic mass is 10.2. The third-order valence-electron chi connectivity index (χ3n) is 2.83. The summed E-state index contributed by atoms with van der Waals surface area (Å²) in [6.07, 6.45) is -0.0168.